The van der Waals surface area contributed by atoms with Gasteiger partial charge in [0.2, 0.25) is 10.0 Å². The van der Waals surface area contributed by atoms with E-state index in [0.717, 1.165) is 0 Å². The third-order valence-corrected chi connectivity index (χ3v) is 5.35. The molecule has 1 aromatic rings. The number of piperidine rings is 1. The Morgan fingerprint density at radius 2 is 2.17 bits per heavy atom. The molecule has 1 heterocycles. The molecular formula is C12H16ClNO3S. The summed E-state index contributed by atoms with van der Waals surface area (Å²) in [6, 6.07) is 6.25. The van der Waals surface area contributed by atoms with Gasteiger partial charge in [-0.1, -0.05) is 24.6 Å². The summed E-state index contributed by atoms with van der Waals surface area (Å²) in [6.45, 7) is 2.54. The smallest absolute Gasteiger partial charge is 0.243 e. The Labute approximate surface area is 112 Å². The summed E-state index contributed by atoms with van der Waals surface area (Å²) in [6.07, 6.45) is 0.0526. The molecule has 0 spiro atoms. The van der Waals surface area contributed by atoms with Gasteiger partial charge in [-0.15, -0.1) is 0 Å². The Morgan fingerprint density at radius 3 is 2.78 bits per heavy atom. The molecule has 2 atom stereocenters. The number of aliphatic hydroxyl groups excluding tert-OH is 1. The van der Waals surface area contributed by atoms with E-state index in [0.29, 0.717) is 24.5 Å². The van der Waals surface area contributed by atoms with Crippen LogP contribution in [0.4, 0.5) is 0 Å². The fourth-order valence-corrected chi connectivity index (χ4v) is 3.95. The van der Waals surface area contributed by atoms with Crippen molar-refractivity contribution in [1.29, 1.82) is 0 Å². The molecular weight excluding hydrogens is 274 g/mol. The maximum Gasteiger partial charge on any atom is 0.243 e. The molecule has 0 bridgehead atoms. The average Bonchev–Trinajstić information content (AvgIpc) is 2.32. The van der Waals surface area contributed by atoms with Gasteiger partial charge in [0, 0.05) is 18.1 Å². The van der Waals surface area contributed by atoms with Crippen molar-refractivity contribution in [3.63, 3.8) is 0 Å². The molecule has 1 aliphatic heterocycles. The number of halogens is 1. The molecule has 6 heteroatoms. The normalized spacial score (nSPS) is 26.2. The molecule has 2 unspecified atom stereocenters. The zero-order valence-electron chi connectivity index (χ0n) is 10.1. The Balaban J connectivity index is 2.27. The van der Waals surface area contributed by atoms with Crippen LogP contribution in [0.3, 0.4) is 0 Å². The third kappa shape index (κ3) is 2.69. The van der Waals surface area contributed by atoms with E-state index in [1.807, 2.05) is 6.92 Å². The topological polar surface area (TPSA) is 57.6 Å². The second-order valence-corrected chi connectivity index (χ2v) is 7.03. The van der Waals surface area contributed by atoms with Crippen LogP contribution < -0.4 is 0 Å². The standard InChI is InChI=1S/C12H16ClNO3S/c1-9-8-14(6-5-12(9)15)18(16,17)11-4-2-3-10(13)7-11/h2-4,7,9,12,15H,5-6,8H2,1H3. The van der Waals surface area contributed by atoms with E-state index in [9.17, 15) is 13.5 Å². The van der Waals surface area contributed by atoms with Crippen molar-refractivity contribution in [2.24, 2.45) is 5.92 Å². The van der Waals surface area contributed by atoms with E-state index in [1.165, 1.54) is 16.4 Å². The van der Waals surface area contributed by atoms with Crippen LogP contribution in [0.2, 0.25) is 5.02 Å². The maximum atomic E-state index is 12.4. The van der Waals surface area contributed by atoms with Gasteiger partial charge in [-0.25, -0.2) is 8.42 Å². The zero-order chi connectivity index (χ0) is 13.3. The Bertz CT molecular complexity index is 532. The molecule has 100 valence electrons. The molecule has 0 amide bonds. The largest absolute Gasteiger partial charge is 0.393 e. The van der Waals surface area contributed by atoms with E-state index in [-0.39, 0.29) is 10.8 Å². The van der Waals surface area contributed by atoms with Crippen molar-refractivity contribution >= 4 is 21.6 Å². The van der Waals surface area contributed by atoms with Crippen LogP contribution in [0.25, 0.3) is 0 Å². The lowest BCUT2D eigenvalue weighted by Gasteiger charge is -2.33. The van der Waals surface area contributed by atoms with Gasteiger partial charge in [-0.3, -0.25) is 0 Å². The second kappa shape index (κ2) is 5.17. The van der Waals surface area contributed by atoms with Crippen LogP contribution in [-0.4, -0.2) is 37.0 Å². The van der Waals surface area contributed by atoms with Crippen LogP contribution in [0.1, 0.15) is 13.3 Å². The summed E-state index contributed by atoms with van der Waals surface area (Å²) in [4.78, 5) is 0.207. The fourth-order valence-electron chi connectivity index (χ4n) is 2.09. The molecule has 2 rings (SSSR count). The van der Waals surface area contributed by atoms with Gasteiger partial charge in [-0.2, -0.15) is 4.31 Å². The van der Waals surface area contributed by atoms with Crippen molar-refractivity contribution in [3.8, 4) is 0 Å². The molecule has 1 saturated heterocycles. The summed E-state index contributed by atoms with van der Waals surface area (Å²) in [5, 5.41) is 10.0. The van der Waals surface area contributed by atoms with Gasteiger partial charge in [-0.05, 0) is 30.5 Å². The molecule has 1 aromatic carbocycles. The minimum absolute atomic E-state index is 0.0484. The first-order chi connectivity index (χ1) is 8.41. The Hall–Kier alpha value is -0.620. The molecule has 0 aromatic heterocycles. The van der Waals surface area contributed by atoms with Gasteiger partial charge in [0.15, 0.2) is 0 Å². The fraction of sp³-hybridized carbons (Fsp3) is 0.500. The van der Waals surface area contributed by atoms with Gasteiger partial charge in [0.05, 0.1) is 11.0 Å². The summed E-state index contributed by atoms with van der Waals surface area (Å²) in [7, 11) is -3.50. The number of benzene rings is 1. The first-order valence-electron chi connectivity index (χ1n) is 5.85. The highest BCUT2D eigenvalue weighted by Gasteiger charge is 2.32. The average molecular weight is 290 g/mol. The van der Waals surface area contributed by atoms with Crippen molar-refractivity contribution in [2.75, 3.05) is 13.1 Å². The van der Waals surface area contributed by atoms with Crippen molar-refractivity contribution in [1.82, 2.24) is 4.31 Å². The lowest BCUT2D eigenvalue weighted by Crippen LogP contribution is -2.44. The van der Waals surface area contributed by atoms with Gasteiger partial charge < -0.3 is 5.11 Å². The Morgan fingerprint density at radius 1 is 1.44 bits per heavy atom. The van der Waals surface area contributed by atoms with E-state index in [1.54, 1.807) is 12.1 Å². The van der Waals surface area contributed by atoms with Crippen molar-refractivity contribution in [2.45, 2.75) is 24.3 Å². The zero-order valence-corrected chi connectivity index (χ0v) is 11.7. The molecule has 4 nitrogen and oxygen atoms in total. The second-order valence-electron chi connectivity index (χ2n) is 4.65. The van der Waals surface area contributed by atoms with Crippen LogP contribution in [0, 0.1) is 5.92 Å². The lowest BCUT2D eigenvalue weighted by molar-refractivity contribution is 0.0628. The summed E-state index contributed by atoms with van der Waals surface area (Å²) < 4.78 is 26.2. The van der Waals surface area contributed by atoms with E-state index < -0.39 is 16.1 Å². The molecule has 0 aliphatic carbocycles. The van der Waals surface area contributed by atoms with Gasteiger partial charge in [0.25, 0.3) is 0 Å². The highest BCUT2D eigenvalue weighted by molar-refractivity contribution is 7.89. The molecule has 1 fully saturated rings. The summed E-state index contributed by atoms with van der Waals surface area (Å²) in [5.41, 5.74) is 0. The molecule has 18 heavy (non-hydrogen) atoms. The monoisotopic (exact) mass is 289 g/mol. The molecule has 1 aliphatic rings. The quantitative estimate of drug-likeness (QED) is 0.902. The van der Waals surface area contributed by atoms with E-state index in [2.05, 4.69) is 0 Å². The van der Waals surface area contributed by atoms with Crippen LogP contribution >= 0.6 is 11.6 Å². The van der Waals surface area contributed by atoms with Crippen molar-refractivity contribution < 1.29 is 13.5 Å². The first kappa shape index (κ1) is 13.8. The summed E-state index contributed by atoms with van der Waals surface area (Å²) >= 11 is 5.82. The number of sulfonamides is 1. The molecule has 0 radical (unpaired) electrons. The van der Waals surface area contributed by atoms with Crippen molar-refractivity contribution in [3.05, 3.63) is 29.3 Å². The maximum absolute atomic E-state index is 12.4. The predicted octanol–water partition coefficient (Wildman–Crippen LogP) is 1.73. The summed E-state index contributed by atoms with van der Waals surface area (Å²) in [5.74, 6) is -0.0484. The lowest BCUT2D eigenvalue weighted by atomic mass is 9.99. The number of aliphatic hydroxyl groups is 1. The number of hydrogen-bond acceptors (Lipinski definition) is 3. The van der Waals surface area contributed by atoms with E-state index >= 15 is 0 Å². The van der Waals surface area contributed by atoms with Crippen LogP contribution in [0.15, 0.2) is 29.2 Å². The number of nitrogens with zero attached hydrogens (tertiary/aromatic N) is 1. The molecule has 1 N–H and O–H groups in total. The Kier molecular flexibility index (Phi) is 3.96. The highest BCUT2D eigenvalue weighted by Crippen LogP contribution is 2.25. The minimum Gasteiger partial charge on any atom is -0.393 e. The first-order valence-corrected chi connectivity index (χ1v) is 7.67. The van der Waals surface area contributed by atoms with Gasteiger partial charge >= 0.3 is 0 Å². The van der Waals surface area contributed by atoms with Crippen LogP contribution in [-0.2, 0) is 10.0 Å². The SMILES string of the molecule is CC1CN(S(=O)(=O)c2cccc(Cl)c2)CCC1O. The minimum atomic E-state index is -3.50. The van der Waals surface area contributed by atoms with E-state index in [4.69, 9.17) is 11.6 Å². The highest BCUT2D eigenvalue weighted by atomic mass is 35.5. The number of hydrogen-bond donors (Lipinski definition) is 1. The number of rotatable bonds is 2. The van der Waals surface area contributed by atoms with Gasteiger partial charge in [0.1, 0.15) is 0 Å². The van der Waals surface area contributed by atoms with Crippen LogP contribution in [0.5, 0.6) is 0 Å². The predicted molar refractivity (Wildman–Crippen MR) is 70.0 cm³/mol. The third-order valence-electron chi connectivity index (χ3n) is 3.26. The molecule has 0 saturated carbocycles.